The average Bonchev–Trinajstić information content (AvgIpc) is 2.46. The molecule has 0 spiro atoms. The lowest BCUT2D eigenvalue weighted by Crippen LogP contribution is -2.49. The topological polar surface area (TPSA) is 23.6 Å². The predicted molar refractivity (Wildman–Crippen MR) is 90.0 cm³/mol. The summed E-state index contributed by atoms with van der Waals surface area (Å²) in [6.45, 7) is 9.30. The molecule has 21 heavy (non-hydrogen) atoms. The molecule has 1 saturated heterocycles. The Hall–Kier alpha value is -0.710. The highest BCUT2D eigenvalue weighted by Gasteiger charge is 2.21. The number of carbonyl (C=O) groups is 1. The molecule has 0 aliphatic carbocycles. The van der Waals surface area contributed by atoms with Gasteiger partial charge in [-0.1, -0.05) is 25.4 Å². The lowest BCUT2D eigenvalue weighted by Gasteiger charge is -2.35. The summed E-state index contributed by atoms with van der Waals surface area (Å²) in [7, 11) is 0. The largest absolute Gasteiger partial charge is 0.339 e. The normalized spacial score (nSPS) is 16.5. The average molecular weight is 327 g/mol. The maximum Gasteiger partial charge on any atom is 0.233 e. The van der Waals surface area contributed by atoms with E-state index in [0.29, 0.717) is 11.7 Å². The molecule has 0 N–H and O–H groups in total. The van der Waals surface area contributed by atoms with Gasteiger partial charge in [-0.3, -0.25) is 9.69 Å². The van der Waals surface area contributed by atoms with Gasteiger partial charge in [-0.25, -0.2) is 0 Å². The minimum atomic E-state index is 0.235. The zero-order chi connectivity index (χ0) is 15.2. The van der Waals surface area contributed by atoms with E-state index in [9.17, 15) is 4.79 Å². The van der Waals surface area contributed by atoms with Crippen molar-refractivity contribution < 1.29 is 4.79 Å². The molecule has 0 unspecified atom stereocenters. The first-order valence-corrected chi connectivity index (χ1v) is 8.79. The Morgan fingerprint density at radius 3 is 2.38 bits per heavy atom. The van der Waals surface area contributed by atoms with Crippen LogP contribution >= 0.6 is 23.4 Å². The van der Waals surface area contributed by atoms with Gasteiger partial charge in [0.05, 0.1) is 5.75 Å². The van der Waals surface area contributed by atoms with Gasteiger partial charge in [-0.05, 0) is 30.2 Å². The van der Waals surface area contributed by atoms with Gasteiger partial charge in [-0.2, -0.15) is 0 Å². The van der Waals surface area contributed by atoms with E-state index in [4.69, 9.17) is 11.6 Å². The van der Waals surface area contributed by atoms with Crippen molar-refractivity contribution in [3.05, 3.63) is 29.3 Å². The molecule has 0 radical (unpaired) electrons. The fourth-order valence-corrected chi connectivity index (χ4v) is 3.39. The standard InChI is InChI=1S/C16H23ClN2OS/c1-13(2)11-18-7-9-19(10-8-18)16(20)12-21-15-5-3-14(17)4-6-15/h3-6,13H,7-12H2,1-2H3. The Morgan fingerprint density at radius 2 is 1.81 bits per heavy atom. The molecular formula is C16H23ClN2OS. The van der Waals surface area contributed by atoms with Crippen LogP contribution in [0.25, 0.3) is 0 Å². The molecule has 1 aliphatic rings. The minimum Gasteiger partial charge on any atom is -0.339 e. The number of halogens is 1. The highest BCUT2D eigenvalue weighted by molar-refractivity contribution is 8.00. The Balaban J connectivity index is 1.73. The summed E-state index contributed by atoms with van der Waals surface area (Å²) in [5.74, 6) is 1.43. The van der Waals surface area contributed by atoms with Crippen LogP contribution in [-0.4, -0.2) is 54.2 Å². The lowest BCUT2D eigenvalue weighted by atomic mass is 10.2. The van der Waals surface area contributed by atoms with Crippen LogP contribution in [0, 0.1) is 5.92 Å². The van der Waals surface area contributed by atoms with E-state index in [0.717, 1.165) is 42.6 Å². The number of piperazine rings is 1. The molecule has 2 rings (SSSR count). The van der Waals surface area contributed by atoms with Crippen LogP contribution in [0.1, 0.15) is 13.8 Å². The number of hydrogen-bond acceptors (Lipinski definition) is 3. The molecule has 1 fully saturated rings. The Morgan fingerprint density at radius 1 is 1.19 bits per heavy atom. The third-order valence-corrected chi connectivity index (χ3v) is 4.77. The van der Waals surface area contributed by atoms with Crippen LogP contribution in [-0.2, 0) is 4.79 Å². The van der Waals surface area contributed by atoms with E-state index in [1.165, 1.54) is 0 Å². The van der Waals surface area contributed by atoms with Crippen LogP contribution < -0.4 is 0 Å². The summed E-state index contributed by atoms with van der Waals surface area (Å²) in [5, 5.41) is 0.729. The van der Waals surface area contributed by atoms with E-state index < -0.39 is 0 Å². The maximum absolute atomic E-state index is 12.2. The van der Waals surface area contributed by atoms with Crippen molar-refractivity contribution in [2.75, 3.05) is 38.5 Å². The van der Waals surface area contributed by atoms with E-state index >= 15 is 0 Å². The van der Waals surface area contributed by atoms with Crippen LogP contribution in [0.15, 0.2) is 29.2 Å². The molecule has 1 aromatic rings. The monoisotopic (exact) mass is 326 g/mol. The van der Waals surface area contributed by atoms with Crippen LogP contribution in [0.3, 0.4) is 0 Å². The van der Waals surface area contributed by atoms with Crippen molar-refractivity contribution in [1.29, 1.82) is 0 Å². The quantitative estimate of drug-likeness (QED) is 0.776. The molecule has 3 nitrogen and oxygen atoms in total. The van der Waals surface area contributed by atoms with Gasteiger partial charge in [0.15, 0.2) is 0 Å². The Bertz CT molecular complexity index is 456. The van der Waals surface area contributed by atoms with Crippen molar-refractivity contribution in [1.82, 2.24) is 9.80 Å². The number of nitrogens with zero attached hydrogens (tertiary/aromatic N) is 2. The van der Waals surface area contributed by atoms with Gasteiger partial charge in [0, 0.05) is 42.6 Å². The van der Waals surface area contributed by atoms with Crippen LogP contribution in [0.2, 0.25) is 5.02 Å². The molecule has 0 saturated carbocycles. The van der Waals surface area contributed by atoms with E-state index in [1.54, 1.807) is 11.8 Å². The lowest BCUT2D eigenvalue weighted by molar-refractivity contribution is -0.130. The molecule has 1 amide bonds. The SMILES string of the molecule is CC(C)CN1CCN(C(=O)CSc2ccc(Cl)cc2)CC1. The van der Waals surface area contributed by atoms with Crippen LogP contribution in [0.5, 0.6) is 0 Å². The molecule has 0 bridgehead atoms. The third kappa shape index (κ3) is 5.53. The van der Waals surface area contributed by atoms with Crippen molar-refractivity contribution in [2.45, 2.75) is 18.7 Å². The van der Waals surface area contributed by atoms with E-state index in [-0.39, 0.29) is 5.91 Å². The summed E-state index contributed by atoms with van der Waals surface area (Å²) in [6.07, 6.45) is 0. The van der Waals surface area contributed by atoms with Gasteiger partial charge in [0.2, 0.25) is 5.91 Å². The number of rotatable bonds is 5. The summed E-state index contributed by atoms with van der Waals surface area (Å²) in [6, 6.07) is 7.64. The number of hydrogen-bond donors (Lipinski definition) is 0. The molecule has 1 aromatic carbocycles. The minimum absolute atomic E-state index is 0.235. The zero-order valence-electron chi connectivity index (χ0n) is 12.7. The second-order valence-corrected chi connectivity index (χ2v) is 7.30. The first kappa shape index (κ1) is 16.7. The number of amides is 1. The Labute approximate surface area is 136 Å². The van der Waals surface area contributed by atoms with Crippen molar-refractivity contribution >= 4 is 29.3 Å². The van der Waals surface area contributed by atoms with E-state index in [1.807, 2.05) is 29.2 Å². The summed E-state index contributed by atoms with van der Waals surface area (Å²) >= 11 is 7.44. The van der Waals surface area contributed by atoms with Gasteiger partial charge in [-0.15, -0.1) is 11.8 Å². The predicted octanol–water partition coefficient (Wildman–Crippen LogP) is 3.23. The summed E-state index contributed by atoms with van der Waals surface area (Å²) < 4.78 is 0. The molecule has 5 heteroatoms. The molecule has 1 aliphatic heterocycles. The van der Waals surface area contributed by atoms with Crippen molar-refractivity contribution in [3.63, 3.8) is 0 Å². The maximum atomic E-state index is 12.2. The van der Waals surface area contributed by atoms with Gasteiger partial charge < -0.3 is 4.90 Å². The highest BCUT2D eigenvalue weighted by atomic mass is 35.5. The van der Waals surface area contributed by atoms with Gasteiger partial charge in [0.25, 0.3) is 0 Å². The van der Waals surface area contributed by atoms with Gasteiger partial charge in [0.1, 0.15) is 0 Å². The smallest absolute Gasteiger partial charge is 0.233 e. The summed E-state index contributed by atoms with van der Waals surface area (Å²) in [5.41, 5.74) is 0. The summed E-state index contributed by atoms with van der Waals surface area (Å²) in [4.78, 5) is 17.7. The second kappa shape index (κ2) is 8.06. The number of thioether (sulfide) groups is 1. The Kier molecular flexibility index (Phi) is 6.40. The molecule has 0 aromatic heterocycles. The molecular weight excluding hydrogens is 304 g/mol. The highest BCUT2D eigenvalue weighted by Crippen LogP contribution is 2.21. The third-order valence-electron chi connectivity index (χ3n) is 3.52. The van der Waals surface area contributed by atoms with Crippen molar-refractivity contribution in [3.8, 4) is 0 Å². The fourth-order valence-electron chi connectivity index (χ4n) is 2.46. The number of benzene rings is 1. The van der Waals surface area contributed by atoms with Gasteiger partial charge >= 0.3 is 0 Å². The molecule has 116 valence electrons. The zero-order valence-corrected chi connectivity index (χ0v) is 14.3. The molecule has 0 atom stereocenters. The van der Waals surface area contributed by atoms with E-state index in [2.05, 4.69) is 18.7 Å². The first-order valence-electron chi connectivity index (χ1n) is 7.43. The second-order valence-electron chi connectivity index (χ2n) is 5.82. The van der Waals surface area contributed by atoms with Crippen LogP contribution in [0.4, 0.5) is 0 Å². The fraction of sp³-hybridized carbons (Fsp3) is 0.562. The number of carbonyl (C=O) groups excluding carboxylic acids is 1. The molecule has 1 heterocycles. The van der Waals surface area contributed by atoms with Crippen molar-refractivity contribution in [2.24, 2.45) is 5.92 Å². The first-order chi connectivity index (χ1) is 10.0.